The Labute approximate surface area is 130 Å². The van der Waals surface area contributed by atoms with Crippen molar-refractivity contribution in [3.05, 3.63) is 40.9 Å². The number of sulfone groups is 1. The van der Waals surface area contributed by atoms with Crippen LogP contribution in [-0.2, 0) is 9.84 Å². The predicted octanol–water partition coefficient (Wildman–Crippen LogP) is 2.98. The van der Waals surface area contributed by atoms with Crippen LogP contribution >= 0.6 is 15.9 Å². The van der Waals surface area contributed by atoms with Gasteiger partial charge in [0.05, 0.1) is 16.1 Å². The number of anilines is 1. The number of imidazole rings is 1. The van der Waals surface area contributed by atoms with Gasteiger partial charge in [-0.2, -0.15) is 0 Å². The number of rotatable bonds is 2. The number of fused-ring (bicyclic) bond motifs is 1. The summed E-state index contributed by atoms with van der Waals surface area (Å²) in [7, 11) is -3.34. The number of aromatic amines is 1. The highest BCUT2D eigenvalue weighted by Gasteiger charge is 2.16. The monoisotopic (exact) mass is 365 g/mol. The second-order valence-electron chi connectivity index (χ2n) is 4.71. The molecule has 3 aromatic rings. The molecule has 3 rings (SSSR count). The second-order valence-corrected chi connectivity index (χ2v) is 7.55. The molecule has 0 amide bonds. The van der Waals surface area contributed by atoms with Gasteiger partial charge in [-0.1, -0.05) is 12.1 Å². The average Bonchev–Trinajstić information content (AvgIpc) is 2.84. The molecule has 0 radical (unpaired) electrons. The van der Waals surface area contributed by atoms with Crippen molar-refractivity contribution >= 4 is 42.5 Å². The second kappa shape index (κ2) is 4.85. The number of aromatic nitrogens is 2. The lowest BCUT2D eigenvalue weighted by Gasteiger charge is -2.03. The van der Waals surface area contributed by atoms with E-state index in [9.17, 15) is 8.42 Å². The fraction of sp³-hybridized carbons (Fsp3) is 0.0714. The minimum absolute atomic E-state index is 0.205. The molecule has 0 aliphatic rings. The van der Waals surface area contributed by atoms with E-state index in [1.165, 1.54) is 6.26 Å². The van der Waals surface area contributed by atoms with Gasteiger partial charge in [0.15, 0.2) is 9.84 Å². The van der Waals surface area contributed by atoms with Crippen LogP contribution in [0, 0.1) is 0 Å². The molecule has 0 aliphatic carbocycles. The van der Waals surface area contributed by atoms with Crippen molar-refractivity contribution in [2.45, 2.75) is 4.90 Å². The number of nitrogens with zero attached hydrogens (tertiary/aromatic N) is 1. The van der Waals surface area contributed by atoms with Crippen molar-refractivity contribution in [2.24, 2.45) is 0 Å². The van der Waals surface area contributed by atoms with Crippen LogP contribution in [0.5, 0.6) is 0 Å². The summed E-state index contributed by atoms with van der Waals surface area (Å²) in [4.78, 5) is 7.74. The molecule has 1 heterocycles. The summed E-state index contributed by atoms with van der Waals surface area (Å²) in [6, 6.07) is 10.5. The fourth-order valence-electron chi connectivity index (χ4n) is 2.18. The van der Waals surface area contributed by atoms with Crippen LogP contribution in [0.25, 0.3) is 22.4 Å². The summed E-state index contributed by atoms with van der Waals surface area (Å²) >= 11 is 3.37. The first kappa shape index (κ1) is 14.1. The summed E-state index contributed by atoms with van der Waals surface area (Å²) in [6.07, 6.45) is 1.17. The van der Waals surface area contributed by atoms with Crippen LogP contribution in [0.15, 0.2) is 45.8 Å². The van der Waals surface area contributed by atoms with Gasteiger partial charge >= 0.3 is 0 Å². The van der Waals surface area contributed by atoms with E-state index in [2.05, 4.69) is 25.9 Å². The number of H-pyrrole nitrogens is 1. The van der Waals surface area contributed by atoms with Gasteiger partial charge in [0.1, 0.15) is 11.3 Å². The molecule has 3 N–H and O–H groups in total. The number of benzene rings is 2. The van der Waals surface area contributed by atoms with Crippen LogP contribution in [0.2, 0.25) is 0 Å². The lowest BCUT2D eigenvalue weighted by molar-refractivity contribution is 0.602. The summed E-state index contributed by atoms with van der Waals surface area (Å²) in [5.74, 6) is 0.542. The topological polar surface area (TPSA) is 88.8 Å². The van der Waals surface area contributed by atoms with Crippen molar-refractivity contribution in [1.82, 2.24) is 9.97 Å². The number of nitrogens with two attached hydrogens (primary N) is 1. The van der Waals surface area contributed by atoms with E-state index >= 15 is 0 Å². The Bertz CT molecular complexity index is 948. The van der Waals surface area contributed by atoms with Crippen molar-refractivity contribution in [3.63, 3.8) is 0 Å². The van der Waals surface area contributed by atoms with E-state index in [1.54, 1.807) is 18.2 Å². The molecule has 108 valence electrons. The van der Waals surface area contributed by atoms with Gasteiger partial charge < -0.3 is 10.7 Å². The predicted molar refractivity (Wildman–Crippen MR) is 86.8 cm³/mol. The van der Waals surface area contributed by atoms with E-state index in [0.29, 0.717) is 22.5 Å². The van der Waals surface area contributed by atoms with E-state index < -0.39 is 9.84 Å². The van der Waals surface area contributed by atoms with Crippen LogP contribution in [0.4, 0.5) is 5.69 Å². The smallest absolute Gasteiger partial charge is 0.177 e. The Kier molecular flexibility index (Phi) is 3.26. The van der Waals surface area contributed by atoms with Crippen molar-refractivity contribution in [1.29, 1.82) is 0 Å². The zero-order valence-electron chi connectivity index (χ0n) is 11.1. The normalized spacial score (nSPS) is 11.9. The summed E-state index contributed by atoms with van der Waals surface area (Å²) in [5, 5.41) is 0. The summed E-state index contributed by atoms with van der Waals surface area (Å²) in [5.41, 5.74) is 8.40. The average molecular weight is 366 g/mol. The first-order valence-electron chi connectivity index (χ1n) is 6.11. The lowest BCUT2D eigenvalue weighted by Crippen LogP contribution is -1.97. The number of halogens is 1. The molecule has 0 saturated heterocycles. The zero-order chi connectivity index (χ0) is 15.2. The van der Waals surface area contributed by atoms with Gasteiger partial charge in [-0.25, -0.2) is 13.4 Å². The molecule has 0 bridgehead atoms. The molecular weight excluding hydrogens is 354 g/mol. The first-order valence-corrected chi connectivity index (χ1v) is 8.79. The number of hydrogen-bond acceptors (Lipinski definition) is 4. The molecule has 0 spiro atoms. The van der Waals surface area contributed by atoms with Gasteiger partial charge in [-0.05, 0) is 40.2 Å². The van der Waals surface area contributed by atoms with Gasteiger partial charge in [0.2, 0.25) is 0 Å². The number of para-hydroxylation sites is 2. The Morgan fingerprint density at radius 2 is 1.90 bits per heavy atom. The molecule has 0 atom stereocenters. The Morgan fingerprint density at radius 3 is 2.62 bits per heavy atom. The molecule has 0 aliphatic heterocycles. The van der Waals surface area contributed by atoms with Gasteiger partial charge in [-0.15, -0.1) is 0 Å². The molecule has 0 fully saturated rings. The Morgan fingerprint density at radius 1 is 1.19 bits per heavy atom. The largest absolute Gasteiger partial charge is 0.397 e. The van der Waals surface area contributed by atoms with Gasteiger partial charge in [0.25, 0.3) is 0 Å². The minimum atomic E-state index is -3.34. The standard InChI is InChI=1S/C14H12BrN3O2S/c1-21(19,20)11-7-3-6-10-13(11)18-14(17-10)8-4-2-5-9(15)12(8)16/h2-7H,16H2,1H3,(H,17,18). The molecule has 5 nitrogen and oxygen atoms in total. The molecule has 0 saturated carbocycles. The highest BCUT2D eigenvalue weighted by atomic mass is 79.9. The first-order chi connectivity index (χ1) is 9.88. The van der Waals surface area contributed by atoms with Gasteiger partial charge in [-0.3, -0.25) is 0 Å². The molecule has 0 unspecified atom stereocenters. The van der Waals surface area contributed by atoms with Crippen LogP contribution in [-0.4, -0.2) is 24.6 Å². The maximum absolute atomic E-state index is 11.8. The Balaban J connectivity index is 2.30. The molecule has 7 heteroatoms. The SMILES string of the molecule is CS(=O)(=O)c1cccc2[nH]c(-c3cccc(Br)c3N)nc12. The number of nitrogen functional groups attached to an aromatic ring is 1. The highest BCUT2D eigenvalue weighted by molar-refractivity contribution is 9.10. The highest BCUT2D eigenvalue weighted by Crippen LogP contribution is 2.32. The van der Waals surface area contributed by atoms with Crippen molar-refractivity contribution in [2.75, 3.05) is 12.0 Å². The van der Waals surface area contributed by atoms with Crippen molar-refractivity contribution < 1.29 is 8.42 Å². The van der Waals surface area contributed by atoms with Crippen LogP contribution < -0.4 is 5.73 Å². The number of nitrogens with one attached hydrogen (secondary N) is 1. The van der Waals surface area contributed by atoms with Crippen molar-refractivity contribution in [3.8, 4) is 11.4 Å². The summed E-state index contributed by atoms with van der Waals surface area (Å²) in [6.45, 7) is 0. The molecule has 21 heavy (non-hydrogen) atoms. The molecule has 2 aromatic carbocycles. The third-order valence-electron chi connectivity index (χ3n) is 3.18. The third kappa shape index (κ3) is 2.43. The van der Waals surface area contributed by atoms with Crippen LogP contribution in [0.1, 0.15) is 0 Å². The maximum atomic E-state index is 11.8. The van der Waals surface area contributed by atoms with Gasteiger partial charge in [0, 0.05) is 16.3 Å². The zero-order valence-corrected chi connectivity index (χ0v) is 13.5. The third-order valence-corrected chi connectivity index (χ3v) is 5.00. The quantitative estimate of drug-likeness (QED) is 0.683. The van der Waals surface area contributed by atoms with E-state index in [1.807, 2.05) is 18.2 Å². The number of hydrogen-bond donors (Lipinski definition) is 2. The van der Waals surface area contributed by atoms with Crippen LogP contribution in [0.3, 0.4) is 0 Å². The molecular formula is C14H12BrN3O2S. The molecule has 1 aromatic heterocycles. The summed E-state index contributed by atoms with van der Waals surface area (Å²) < 4.78 is 24.4. The minimum Gasteiger partial charge on any atom is -0.397 e. The maximum Gasteiger partial charge on any atom is 0.177 e. The Hall–Kier alpha value is -1.86. The van der Waals surface area contributed by atoms with E-state index in [0.717, 1.165) is 10.0 Å². The lowest BCUT2D eigenvalue weighted by atomic mass is 10.2. The fourth-order valence-corrected chi connectivity index (χ4v) is 3.37. The van der Waals surface area contributed by atoms with E-state index in [4.69, 9.17) is 5.73 Å². The van der Waals surface area contributed by atoms with E-state index in [-0.39, 0.29) is 4.90 Å².